The van der Waals surface area contributed by atoms with Crippen molar-refractivity contribution in [1.82, 2.24) is 9.97 Å². The van der Waals surface area contributed by atoms with E-state index in [0.717, 1.165) is 12.8 Å². The van der Waals surface area contributed by atoms with E-state index >= 15 is 0 Å². The minimum atomic E-state index is -0.598. The second kappa shape index (κ2) is 4.35. The van der Waals surface area contributed by atoms with E-state index in [1.165, 1.54) is 17.3 Å². The van der Waals surface area contributed by atoms with Crippen LogP contribution in [0, 0.1) is 0 Å². The monoisotopic (exact) mass is 254 g/mol. The quantitative estimate of drug-likeness (QED) is 0.837. The fraction of sp³-hybridized carbons (Fsp3) is 0.214. The topological polar surface area (TPSA) is 94.9 Å². The van der Waals surface area contributed by atoms with Crippen molar-refractivity contribution in [2.75, 3.05) is 5.73 Å². The lowest BCUT2D eigenvalue weighted by atomic mass is 10.1. The Hall–Kier alpha value is -2.43. The number of amides is 1. The molecule has 0 saturated heterocycles. The van der Waals surface area contributed by atoms with Gasteiger partial charge in [-0.15, -0.1) is 0 Å². The highest BCUT2D eigenvalue weighted by Gasteiger charge is 2.25. The minimum absolute atomic E-state index is 0.161. The highest BCUT2D eigenvalue weighted by Crippen LogP contribution is 2.32. The number of benzene rings is 1. The molecule has 5 nitrogen and oxygen atoms in total. The summed E-state index contributed by atoms with van der Waals surface area (Å²) >= 11 is 0. The van der Waals surface area contributed by atoms with Crippen LogP contribution in [0.2, 0.25) is 0 Å². The van der Waals surface area contributed by atoms with Gasteiger partial charge in [-0.2, -0.15) is 0 Å². The van der Waals surface area contributed by atoms with Gasteiger partial charge in [-0.3, -0.25) is 4.79 Å². The van der Waals surface area contributed by atoms with Crippen LogP contribution < -0.4 is 11.5 Å². The molecule has 0 bridgehead atoms. The molecule has 4 N–H and O–H groups in total. The van der Waals surface area contributed by atoms with Crippen LogP contribution in [0.4, 0.5) is 5.82 Å². The van der Waals surface area contributed by atoms with Crippen LogP contribution in [0.25, 0.3) is 0 Å². The molecule has 0 aliphatic heterocycles. The molecule has 3 rings (SSSR count). The number of rotatable bonds is 2. The van der Waals surface area contributed by atoms with Gasteiger partial charge in [0.2, 0.25) is 0 Å². The van der Waals surface area contributed by atoms with E-state index in [1.807, 2.05) is 12.1 Å². The number of fused-ring (bicyclic) bond motifs is 1. The van der Waals surface area contributed by atoms with E-state index < -0.39 is 5.91 Å². The fourth-order valence-corrected chi connectivity index (χ4v) is 2.54. The summed E-state index contributed by atoms with van der Waals surface area (Å²) in [6.07, 6.45) is 3.24. The number of nitrogen functional groups attached to an aromatic ring is 1. The van der Waals surface area contributed by atoms with Gasteiger partial charge >= 0.3 is 0 Å². The smallest absolute Gasteiger partial charge is 0.254 e. The second-order valence-electron chi connectivity index (χ2n) is 4.77. The Labute approximate surface area is 110 Å². The van der Waals surface area contributed by atoms with Crippen molar-refractivity contribution in [2.45, 2.75) is 18.8 Å². The summed E-state index contributed by atoms with van der Waals surface area (Å²) in [6, 6.07) is 8.31. The fourth-order valence-electron chi connectivity index (χ4n) is 2.54. The number of nitrogens with zero attached hydrogens (tertiary/aromatic N) is 2. The molecule has 1 aliphatic carbocycles. The summed E-state index contributed by atoms with van der Waals surface area (Å²) in [4.78, 5) is 19.6. The van der Waals surface area contributed by atoms with Crippen LogP contribution in [0.5, 0.6) is 0 Å². The van der Waals surface area contributed by atoms with E-state index in [4.69, 9.17) is 11.5 Å². The molecule has 0 atom stereocenters. The predicted molar refractivity (Wildman–Crippen MR) is 71.6 cm³/mol. The molecule has 1 aromatic carbocycles. The van der Waals surface area contributed by atoms with Gasteiger partial charge in [0.05, 0.1) is 5.56 Å². The Morgan fingerprint density at radius 1 is 1.21 bits per heavy atom. The number of anilines is 1. The first kappa shape index (κ1) is 11.6. The number of carbonyl (C=O) groups is 1. The predicted octanol–water partition coefficient (Wildman–Crippen LogP) is 1.04. The van der Waals surface area contributed by atoms with Crippen molar-refractivity contribution in [1.29, 1.82) is 0 Å². The van der Waals surface area contributed by atoms with E-state index in [2.05, 4.69) is 22.1 Å². The lowest BCUT2D eigenvalue weighted by Gasteiger charge is -2.09. The summed E-state index contributed by atoms with van der Waals surface area (Å²) in [5.74, 6) is 0.465. The first-order chi connectivity index (χ1) is 9.15. The van der Waals surface area contributed by atoms with E-state index in [0.29, 0.717) is 5.82 Å². The van der Waals surface area contributed by atoms with Crippen LogP contribution in [0.1, 0.15) is 33.2 Å². The molecule has 0 radical (unpaired) electrons. The summed E-state index contributed by atoms with van der Waals surface area (Å²) in [5, 5.41) is 0. The molecule has 0 unspecified atom stereocenters. The van der Waals surface area contributed by atoms with E-state index in [-0.39, 0.29) is 17.3 Å². The molecule has 2 aromatic rings. The Kier molecular flexibility index (Phi) is 2.67. The highest BCUT2D eigenvalue weighted by molar-refractivity contribution is 5.96. The molecule has 1 amide bonds. The summed E-state index contributed by atoms with van der Waals surface area (Å²) in [7, 11) is 0. The molecule has 19 heavy (non-hydrogen) atoms. The molecule has 0 spiro atoms. The number of carbonyl (C=O) groups excluding carboxylic acids is 1. The number of nitrogens with two attached hydrogens (primary N) is 2. The molecule has 0 fully saturated rings. The number of hydrogen-bond acceptors (Lipinski definition) is 4. The van der Waals surface area contributed by atoms with Crippen molar-refractivity contribution in [2.24, 2.45) is 5.73 Å². The molecule has 0 saturated carbocycles. The number of primary amides is 1. The van der Waals surface area contributed by atoms with Crippen LogP contribution in [-0.2, 0) is 12.8 Å². The van der Waals surface area contributed by atoms with Gasteiger partial charge in [0.25, 0.3) is 5.91 Å². The average molecular weight is 254 g/mol. The van der Waals surface area contributed by atoms with Crippen LogP contribution >= 0.6 is 0 Å². The lowest BCUT2D eigenvalue weighted by Crippen LogP contribution is -2.17. The van der Waals surface area contributed by atoms with Gasteiger partial charge in [-0.05, 0) is 24.0 Å². The summed E-state index contributed by atoms with van der Waals surface area (Å²) in [6.45, 7) is 0. The maximum Gasteiger partial charge on any atom is 0.254 e. The first-order valence-electron chi connectivity index (χ1n) is 6.14. The average Bonchev–Trinajstić information content (AvgIpc) is 2.81. The van der Waals surface area contributed by atoms with E-state index in [9.17, 15) is 4.79 Å². The third-order valence-electron chi connectivity index (χ3n) is 3.52. The molecular weight excluding hydrogens is 240 g/mol. The standard InChI is InChI=1S/C14H14N4O/c15-12-11(13(16)19)7-17-14(18-12)10-5-8-3-1-2-4-9(8)6-10/h1-4,7,10H,5-6H2,(H2,16,19)(H2,15,17,18). The normalized spacial score (nSPS) is 14.3. The molecule has 1 aromatic heterocycles. The minimum Gasteiger partial charge on any atom is -0.383 e. The lowest BCUT2D eigenvalue weighted by molar-refractivity contribution is 0.100. The van der Waals surface area contributed by atoms with Crippen molar-refractivity contribution in [3.63, 3.8) is 0 Å². The van der Waals surface area contributed by atoms with Crippen molar-refractivity contribution < 1.29 is 4.79 Å². The number of aromatic nitrogens is 2. The zero-order valence-corrected chi connectivity index (χ0v) is 10.3. The molecule has 1 heterocycles. The van der Waals surface area contributed by atoms with Gasteiger partial charge in [-0.25, -0.2) is 9.97 Å². The maximum absolute atomic E-state index is 11.1. The highest BCUT2D eigenvalue weighted by atomic mass is 16.1. The van der Waals surface area contributed by atoms with Crippen LogP contribution in [0.15, 0.2) is 30.5 Å². The summed E-state index contributed by atoms with van der Waals surface area (Å²) in [5.41, 5.74) is 13.8. The van der Waals surface area contributed by atoms with Gasteiger partial charge in [0.1, 0.15) is 11.6 Å². The van der Waals surface area contributed by atoms with Crippen molar-refractivity contribution in [3.05, 3.63) is 53.0 Å². The third kappa shape index (κ3) is 2.03. The van der Waals surface area contributed by atoms with Gasteiger partial charge in [0.15, 0.2) is 0 Å². The van der Waals surface area contributed by atoms with Crippen LogP contribution in [-0.4, -0.2) is 15.9 Å². The SMILES string of the molecule is NC(=O)c1cnc(C2Cc3ccccc3C2)nc1N. The van der Waals surface area contributed by atoms with Gasteiger partial charge < -0.3 is 11.5 Å². The third-order valence-corrected chi connectivity index (χ3v) is 3.52. The molecular formula is C14H14N4O. The second-order valence-corrected chi connectivity index (χ2v) is 4.77. The first-order valence-corrected chi connectivity index (χ1v) is 6.14. The zero-order chi connectivity index (χ0) is 13.4. The largest absolute Gasteiger partial charge is 0.383 e. The maximum atomic E-state index is 11.1. The zero-order valence-electron chi connectivity index (χ0n) is 10.3. The molecule has 1 aliphatic rings. The summed E-state index contributed by atoms with van der Waals surface area (Å²) < 4.78 is 0. The molecule has 96 valence electrons. The Balaban J connectivity index is 1.90. The van der Waals surface area contributed by atoms with Crippen LogP contribution in [0.3, 0.4) is 0 Å². The Morgan fingerprint density at radius 3 is 2.37 bits per heavy atom. The Morgan fingerprint density at radius 2 is 1.84 bits per heavy atom. The molecule has 5 heteroatoms. The Bertz CT molecular complexity index is 629. The van der Waals surface area contributed by atoms with Crippen molar-refractivity contribution in [3.8, 4) is 0 Å². The van der Waals surface area contributed by atoms with Gasteiger partial charge in [0, 0.05) is 12.1 Å². The van der Waals surface area contributed by atoms with Gasteiger partial charge in [-0.1, -0.05) is 24.3 Å². The van der Waals surface area contributed by atoms with Crippen molar-refractivity contribution >= 4 is 11.7 Å². The number of hydrogen-bond donors (Lipinski definition) is 2. The van der Waals surface area contributed by atoms with E-state index in [1.54, 1.807) is 0 Å².